The van der Waals surface area contributed by atoms with Crippen LogP contribution in [0.4, 0.5) is 11.4 Å². The number of benzene rings is 1. The first-order valence-electron chi connectivity index (χ1n) is 4.52. The number of aliphatic hydroxyl groups is 2. The molecule has 0 amide bonds. The van der Waals surface area contributed by atoms with E-state index < -0.39 is 6.10 Å². The minimum absolute atomic E-state index is 0. The van der Waals surface area contributed by atoms with Crippen molar-refractivity contribution in [3.05, 3.63) is 23.8 Å². The lowest BCUT2D eigenvalue weighted by atomic mass is 10.2. The van der Waals surface area contributed by atoms with Crippen molar-refractivity contribution in [1.82, 2.24) is 0 Å². The average molecular weight is 269 g/mol. The van der Waals surface area contributed by atoms with Gasteiger partial charge in [0, 0.05) is 17.9 Å². The SMILES string of the molecule is Cc1cc(N)ccc1NCC(O)CO.Cl.Cl. The van der Waals surface area contributed by atoms with Gasteiger partial charge in [0.05, 0.1) is 12.7 Å². The van der Waals surface area contributed by atoms with Gasteiger partial charge in [-0.2, -0.15) is 0 Å². The normalized spacial score (nSPS) is 10.9. The van der Waals surface area contributed by atoms with Crippen molar-refractivity contribution < 1.29 is 10.2 Å². The van der Waals surface area contributed by atoms with Gasteiger partial charge in [-0.1, -0.05) is 0 Å². The van der Waals surface area contributed by atoms with Gasteiger partial charge < -0.3 is 21.3 Å². The first-order valence-corrected chi connectivity index (χ1v) is 4.52. The number of hydrogen-bond acceptors (Lipinski definition) is 4. The lowest BCUT2D eigenvalue weighted by Gasteiger charge is -2.12. The molecule has 0 aliphatic carbocycles. The van der Waals surface area contributed by atoms with Crippen molar-refractivity contribution in [2.75, 3.05) is 24.2 Å². The summed E-state index contributed by atoms with van der Waals surface area (Å²) >= 11 is 0. The molecule has 5 N–H and O–H groups in total. The van der Waals surface area contributed by atoms with E-state index in [1.165, 1.54) is 0 Å². The van der Waals surface area contributed by atoms with Gasteiger partial charge >= 0.3 is 0 Å². The van der Waals surface area contributed by atoms with Crippen LogP contribution in [0.15, 0.2) is 18.2 Å². The Morgan fingerprint density at radius 1 is 1.38 bits per heavy atom. The average Bonchev–Trinajstić information content (AvgIpc) is 2.16. The second kappa shape index (κ2) is 8.47. The van der Waals surface area contributed by atoms with Crippen LogP contribution >= 0.6 is 24.8 Å². The van der Waals surface area contributed by atoms with Crippen LogP contribution in [0.3, 0.4) is 0 Å². The maximum absolute atomic E-state index is 9.13. The number of aryl methyl sites for hydroxylation is 1. The number of rotatable bonds is 4. The van der Waals surface area contributed by atoms with Crippen molar-refractivity contribution in [2.45, 2.75) is 13.0 Å². The number of nitrogens with two attached hydrogens (primary N) is 1. The first-order chi connectivity index (χ1) is 6.63. The number of hydrogen-bond donors (Lipinski definition) is 4. The smallest absolute Gasteiger partial charge is 0.0942 e. The Bertz CT molecular complexity index is 311. The van der Waals surface area contributed by atoms with E-state index in [1.54, 1.807) is 6.07 Å². The van der Waals surface area contributed by atoms with Crippen molar-refractivity contribution in [3.8, 4) is 0 Å². The van der Waals surface area contributed by atoms with Gasteiger partial charge in [-0.3, -0.25) is 0 Å². The highest BCUT2D eigenvalue weighted by Crippen LogP contribution is 2.17. The summed E-state index contributed by atoms with van der Waals surface area (Å²) in [6, 6.07) is 5.50. The molecule has 0 saturated carbocycles. The van der Waals surface area contributed by atoms with Crippen LogP contribution in [0.25, 0.3) is 0 Å². The third-order valence-electron chi connectivity index (χ3n) is 1.99. The standard InChI is InChI=1S/C10H16N2O2.2ClH/c1-7-4-8(11)2-3-10(7)12-5-9(14)6-13;;/h2-4,9,12-14H,5-6,11H2,1H3;2*1H. The highest BCUT2D eigenvalue weighted by molar-refractivity contribution is 5.85. The van der Waals surface area contributed by atoms with Gasteiger partial charge in [0.2, 0.25) is 0 Å². The Morgan fingerprint density at radius 2 is 2.00 bits per heavy atom. The monoisotopic (exact) mass is 268 g/mol. The van der Waals surface area contributed by atoms with E-state index in [-0.39, 0.29) is 31.4 Å². The second-order valence-corrected chi connectivity index (χ2v) is 3.29. The van der Waals surface area contributed by atoms with Gasteiger partial charge in [0.15, 0.2) is 0 Å². The molecule has 1 aromatic rings. The summed E-state index contributed by atoms with van der Waals surface area (Å²) in [7, 11) is 0. The maximum atomic E-state index is 9.13. The molecule has 0 spiro atoms. The molecule has 0 saturated heterocycles. The highest BCUT2D eigenvalue weighted by atomic mass is 35.5. The molecule has 0 aliphatic heterocycles. The summed E-state index contributed by atoms with van der Waals surface area (Å²) in [6.07, 6.45) is -0.730. The fraction of sp³-hybridized carbons (Fsp3) is 0.400. The molecule has 1 rings (SSSR count). The second-order valence-electron chi connectivity index (χ2n) is 3.29. The Labute approximate surface area is 108 Å². The molecule has 0 heterocycles. The lowest BCUT2D eigenvalue weighted by molar-refractivity contribution is 0.105. The van der Waals surface area contributed by atoms with Gasteiger partial charge in [0.1, 0.15) is 0 Å². The number of nitrogen functional groups attached to an aromatic ring is 1. The molecule has 0 aromatic heterocycles. The first kappa shape index (κ1) is 17.7. The third-order valence-corrected chi connectivity index (χ3v) is 1.99. The molecular formula is C10H18Cl2N2O2. The van der Waals surface area contributed by atoms with Crippen molar-refractivity contribution in [3.63, 3.8) is 0 Å². The zero-order valence-electron chi connectivity index (χ0n) is 9.01. The highest BCUT2D eigenvalue weighted by Gasteiger charge is 2.02. The number of aliphatic hydroxyl groups excluding tert-OH is 2. The Kier molecular flexibility index (Phi) is 9.37. The van der Waals surface area contributed by atoms with E-state index in [9.17, 15) is 0 Å². The predicted molar refractivity (Wildman–Crippen MR) is 71.7 cm³/mol. The summed E-state index contributed by atoms with van der Waals surface area (Å²) in [4.78, 5) is 0. The summed E-state index contributed by atoms with van der Waals surface area (Å²) in [5, 5.41) is 20.8. The third kappa shape index (κ3) is 5.42. The summed E-state index contributed by atoms with van der Waals surface area (Å²) in [6.45, 7) is 2.03. The maximum Gasteiger partial charge on any atom is 0.0942 e. The molecule has 4 nitrogen and oxygen atoms in total. The summed E-state index contributed by atoms with van der Waals surface area (Å²) < 4.78 is 0. The van der Waals surface area contributed by atoms with Crippen LogP contribution in [-0.2, 0) is 0 Å². The van der Waals surface area contributed by atoms with E-state index in [0.717, 1.165) is 16.9 Å². The van der Waals surface area contributed by atoms with Gasteiger partial charge in [-0.05, 0) is 30.7 Å². The summed E-state index contributed by atoms with van der Waals surface area (Å²) in [5.41, 5.74) is 8.26. The van der Waals surface area contributed by atoms with Crippen LogP contribution in [0.2, 0.25) is 0 Å². The van der Waals surface area contributed by atoms with Gasteiger partial charge in [-0.15, -0.1) is 24.8 Å². The Morgan fingerprint density at radius 3 is 2.50 bits per heavy atom. The van der Waals surface area contributed by atoms with Crippen LogP contribution in [0.5, 0.6) is 0 Å². The van der Waals surface area contributed by atoms with Crippen LogP contribution < -0.4 is 11.1 Å². The quantitative estimate of drug-likeness (QED) is 0.619. The van der Waals surface area contributed by atoms with Gasteiger partial charge in [-0.25, -0.2) is 0 Å². The van der Waals surface area contributed by atoms with E-state index in [4.69, 9.17) is 15.9 Å². The van der Waals surface area contributed by atoms with E-state index in [2.05, 4.69) is 5.32 Å². The Hall–Kier alpha value is -0.680. The van der Waals surface area contributed by atoms with E-state index in [0.29, 0.717) is 6.54 Å². The molecular weight excluding hydrogens is 251 g/mol. The molecule has 94 valence electrons. The van der Waals surface area contributed by atoms with Crippen LogP contribution in [-0.4, -0.2) is 29.5 Å². The molecule has 1 unspecified atom stereocenters. The number of nitrogens with one attached hydrogen (secondary N) is 1. The molecule has 6 heteroatoms. The van der Waals surface area contributed by atoms with Crippen molar-refractivity contribution in [2.24, 2.45) is 0 Å². The molecule has 0 bridgehead atoms. The fourth-order valence-electron chi connectivity index (χ4n) is 1.18. The number of anilines is 2. The minimum atomic E-state index is -0.730. The largest absolute Gasteiger partial charge is 0.399 e. The zero-order valence-corrected chi connectivity index (χ0v) is 10.6. The molecule has 1 atom stereocenters. The van der Waals surface area contributed by atoms with Crippen LogP contribution in [0, 0.1) is 6.92 Å². The van der Waals surface area contributed by atoms with E-state index >= 15 is 0 Å². The fourth-order valence-corrected chi connectivity index (χ4v) is 1.18. The number of halogens is 2. The molecule has 0 aliphatic rings. The van der Waals surface area contributed by atoms with Gasteiger partial charge in [0.25, 0.3) is 0 Å². The molecule has 1 aromatic carbocycles. The van der Waals surface area contributed by atoms with Crippen molar-refractivity contribution in [1.29, 1.82) is 0 Å². The zero-order chi connectivity index (χ0) is 10.6. The molecule has 0 fully saturated rings. The molecule has 0 radical (unpaired) electrons. The lowest BCUT2D eigenvalue weighted by Crippen LogP contribution is -2.23. The topological polar surface area (TPSA) is 78.5 Å². The van der Waals surface area contributed by atoms with Crippen molar-refractivity contribution >= 4 is 36.2 Å². The Balaban J connectivity index is 0. The minimum Gasteiger partial charge on any atom is -0.399 e. The predicted octanol–water partition coefficient (Wildman–Crippen LogP) is 1.19. The van der Waals surface area contributed by atoms with Crippen LogP contribution in [0.1, 0.15) is 5.56 Å². The molecule has 16 heavy (non-hydrogen) atoms. The summed E-state index contributed by atoms with van der Waals surface area (Å²) in [5.74, 6) is 0. The van der Waals surface area contributed by atoms with E-state index in [1.807, 2.05) is 19.1 Å².